The molecule has 0 bridgehead atoms. The van der Waals surface area contributed by atoms with Crippen molar-refractivity contribution >= 4 is 23.2 Å². The second kappa shape index (κ2) is 8.91. The number of hydrogen-bond acceptors (Lipinski definition) is 3. The lowest BCUT2D eigenvalue weighted by molar-refractivity contribution is -0.132. The molecule has 0 spiro atoms. The van der Waals surface area contributed by atoms with Crippen LogP contribution >= 0.6 is 11.6 Å². The van der Waals surface area contributed by atoms with Crippen LogP contribution in [0, 0.1) is 0 Å². The Morgan fingerprint density at radius 3 is 2.68 bits per heavy atom. The van der Waals surface area contributed by atoms with Crippen molar-refractivity contribution in [3.63, 3.8) is 0 Å². The summed E-state index contributed by atoms with van der Waals surface area (Å²) in [6.07, 6.45) is 5.78. The van der Waals surface area contributed by atoms with Gasteiger partial charge < -0.3 is 9.80 Å². The summed E-state index contributed by atoms with van der Waals surface area (Å²) in [5.41, 5.74) is 1.15. The Balaban J connectivity index is 1.45. The summed E-state index contributed by atoms with van der Waals surface area (Å²) in [4.78, 5) is 19.5. The van der Waals surface area contributed by atoms with Gasteiger partial charge in [0, 0.05) is 55.9 Å². The zero-order valence-corrected chi connectivity index (χ0v) is 16.0. The van der Waals surface area contributed by atoms with Crippen LogP contribution < -0.4 is 4.90 Å². The van der Waals surface area contributed by atoms with Crippen LogP contribution in [0.5, 0.6) is 0 Å². The fourth-order valence-electron chi connectivity index (χ4n) is 4.10. The van der Waals surface area contributed by atoms with Crippen molar-refractivity contribution in [3.05, 3.63) is 29.3 Å². The summed E-state index contributed by atoms with van der Waals surface area (Å²) in [6.45, 7) is 7.73. The Hall–Kier alpha value is -1.26. The minimum absolute atomic E-state index is 0.311. The SMILES string of the molecule is CCC1CCCCN1CCC(=O)N1CCN(c2cccc(Cl)c2)CC1. The minimum Gasteiger partial charge on any atom is -0.368 e. The fourth-order valence-corrected chi connectivity index (χ4v) is 4.29. The number of benzene rings is 1. The Kier molecular flexibility index (Phi) is 6.60. The molecule has 138 valence electrons. The molecule has 1 aromatic carbocycles. The van der Waals surface area contributed by atoms with E-state index in [1.165, 1.54) is 25.7 Å². The average Bonchev–Trinajstić information content (AvgIpc) is 2.66. The topological polar surface area (TPSA) is 26.8 Å². The van der Waals surface area contributed by atoms with Crippen molar-refractivity contribution in [1.29, 1.82) is 0 Å². The molecule has 2 fully saturated rings. The number of likely N-dealkylation sites (tertiary alicyclic amines) is 1. The molecule has 2 aliphatic heterocycles. The monoisotopic (exact) mass is 363 g/mol. The third-order valence-electron chi connectivity index (χ3n) is 5.64. The summed E-state index contributed by atoms with van der Waals surface area (Å²) in [7, 11) is 0. The van der Waals surface area contributed by atoms with Crippen LogP contribution in [-0.4, -0.2) is 61.0 Å². The van der Waals surface area contributed by atoms with E-state index in [9.17, 15) is 4.79 Å². The van der Waals surface area contributed by atoms with Gasteiger partial charge in [0.2, 0.25) is 5.91 Å². The van der Waals surface area contributed by atoms with Gasteiger partial charge in [0.15, 0.2) is 0 Å². The van der Waals surface area contributed by atoms with Gasteiger partial charge in [-0.05, 0) is 44.0 Å². The molecule has 0 aliphatic carbocycles. The van der Waals surface area contributed by atoms with Crippen LogP contribution in [0.25, 0.3) is 0 Å². The first-order valence-electron chi connectivity index (χ1n) is 9.69. The van der Waals surface area contributed by atoms with E-state index < -0.39 is 0 Å². The summed E-state index contributed by atoms with van der Waals surface area (Å²) < 4.78 is 0. The third kappa shape index (κ3) is 4.89. The number of piperazine rings is 1. The summed E-state index contributed by atoms with van der Waals surface area (Å²) >= 11 is 6.09. The molecular weight excluding hydrogens is 334 g/mol. The molecule has 1 atom stereocenters. The van der Waals surface area contributed by atoms with E-state index in [4.69, 9.17) is 11.6 Å². The lowest BCUT2D eigenvalue weighted by Crippen LogP contribution is -2.49. The van der Waals surface area contributed by atoms with E-state index in [1.807, 2.05) is 23.1 Å². The zero-order valence-electron chi connectivity index (χ0n) is 15.3. The molecular formula is C20H30ClN3O. The molecule has 1 aromatic rings. The van der Waals surface area contributed by atoms with Gasteiger partial charge in [-0.15, -0.1) is 0 Å². The highest BCUT2D eigenvalue weighted by molar-refractivity contribution is 6.30. The quantitative estimate of drug-likeness (QED) is 0.799. The number of carbonyl (C=O) groups is 1. The highest BCUT2D eigenvalue weighted by atomic mass is 35.5. The number of hydrogen-bond donors (Lipinski definition) is 0. The molecule has 0 saturated carbocycles. The maximum Gasteiger partial charge on any atom is 0.223 e. The number of halogens is 1. The number of amides is 1. The van der Waals surface area contributed by atoms with E-state index in [0.29, 0.717) is 18.4 Å². The molecule has 1 unspecified atom stereocenters. The number of carbonyl (C=O) groups excluding carboxylic acids is 1. The number of nitrogens with zero attached hydrogens (tertiary/aromatic N) is 3. The van der Waals surface area contributed by atoms with Gasteiger partial charge in [-0.3, -0.25) is 9.69 Å². The number of piperidine rings is 1. The van der Waals surface area contributed by atoms with Crippen LogP contribution in [0.4, 0.5) is 5.69 Å². The second-order valence-electron chi connectivity index (χ2n) is 7.19. The normalized spacial score (nSPS) is 22.2. The average molecular weight is 364 g/mol. The van der Waals surface area contributed by atoms with E-state index >= 15 is 0 Å². The zero-order chi connectivity index (χ0) is 17.6. The van der Waals surface area contributed by atoms with Gasteiger partial charge in [-0.1, -0.05) is 31.0 Å². The highest BCUT2D eigenvalue weighted by Crippen LogP contribution is 2.22. The van der Waals surface area contributed by atoms with Crippen LogP contribution in [0.2, 0.25) is 5.02 Å². The standard InChI is InChI=1S/C20H30ClN3O/c1-2-18-7-3-4-10-22(18)11-9-20(25)24-14-12-23(13-15-24)19-8-5-6-17(21)16-19/h5-6,8,16,18H,2-4,7,9-15H2,1H3. The molecule has 1 amide bonds. The van der Waals surface area contributed by atoms with Crippen molar-refractivity contribution in [2.45, 2.75) is 45.1 Å². The van der Waals surface area contributed by atoms with Crippen molar-refractivity contribution in [2.75, 3.05) is 44.2 Å². The summed E-state index contributed by atoms with van der Waals surface area (Å²) in [5, 5.41) is 0.767. The Morgan fingerprint density at radius 1 is 1.16 bits per heavy atom. The predicted octanol–water partition coefficient (Wildman–Crippen LogP) is 3.64. The van der Waals surface area contributed by atoms with E-state index in [2.05, 4.69) is 22.8 Å². The van der Waals surface area contributed by atoms with Crippen molar-refractivity contribution in [1.82, 2.24) is 9.80 Å². The second-order valence-corrected chi connectivity index (χ2v) is 7.63. The predicted molar refractivity (Wildman–Crippen MR) is 104 cm³/mol. The van der Waals surface area contributed by atoms with Gasteiger partial charge >= 0.3 is 0 Å². The van der Waals surface area contributed by atoms with E-state index in [1.54, 1.807) is 0 Å². The van der Waals surface area contributed by atoms with Crippen LogP contribution in [0.3, 0.4) is 0 Å². The van der Waals surface area contributed by atoms with Crippen molar-refractivity contribution < 1.29 is 4.79 Å². The molecule has 25 heavy (non-hydrogen) atoms. The lowest BCUT2D eigenvalue weighted by atomic mass is 10.00. The third-order valence-corrected chi connectivity index (χ3v) is 5.87. The molecule has 2 aliphatic rings. The van der Waals surface area contributed by atoms with Gasteiger partial charge in [0.25, 0.3) is 0 Å². The number of rotatable bonds is 5. The first-order valence-corrected chi connectivity index (χ1v) is 10.1. The van der Waals surface area contributed by atoms with Gasteiger partial charge in [-0.2, -0.15) is 0 Å². The molecule has 3 rings (SSSR count). The first kappa shape index (κ1) is 18.5. The molecule has 5 heteroatoms. The first-order chi connectivity index (χ1) is 12.2. The fraction of sp³-hybridized carbons (Fsp3) is 0.650. The van der Waals surface area contributed by atoms with E-state index in [0.717, 1.165) is 50.0 Å². The van der Waals surface area contributed by atoms with Crippen LogP contribution in [0.15, 0.2) is 24.3 Å². The molecule has 0 aromatic heterocycles. The van der Waals surface area contributed by atoms with E-state index in [-0.39, 0.29) is 0 Å². The maximum absolute atomic E-state index is 12.6. The molecule has 0 radical (unpaired) electrons. The van der Waals surface area contributed by atoms with Crippen LogP contribution in [-0.2, 0) is 4.79 Å². The van der Waals surface area contributed by atoms with Gasteiger partial charge in [0.05, 0.1) is 0 Å². The Bertz CT molecular complexity index is 572. The largest absolute Gasteiger partial charge is 0.368 e. The lowest BCUT2D eigenvalue weighted by Gasteiger charge is -2.38. The van der Waals surface area contributed by atoms with Crippen molar-refractivity contribution in [3.8, 4) is 0 Å². The molecule has 0 N–H and O–H groups in total. The molecule has 2 saturated heterocycles. The van der Waals surface area contributed by atoms with Crippen LogP contribution in [0.1, 0.15) is 39.0 Å². The highest BCUT2D eigenvalue weighted by Gasteiger charge is 2.24. The molecule has 2 heterocycles. The van der Waals surface area contributed by atoms with Gasteiger partial charge in [-0.25, -0.2) is 0 Å². The Morgan fingerprint density at radius 2 is 1.96 bits per heavy atom. The number of anilines is 1. The summed E-state index contributed by atoms with van der Waals surface area (Å²) in [6, 6.07) is 8.65. The van der Waals surface area contributed by atoms with Gasteiger partial charge in [0.1, 0.15) is 0 Å². The Labute approximate surface area is 156 Å². The summed E-state index contributed by atoms with van der Waals surface area (Å²) in [5.74, 6) is 0.311. The molecule has 4 nitrogen and oxygen atoms in total. The van der Waals surface area contributed by atoms with Crippen molar-refractivity contribution in [2.24, 2.45) is 0 Å². The smallest absolute Gasteiger partial charge is 0.223 e. The maximum atomic E-state index is 12.6. The minimum atomic E-state index is 0.311.